The van der Waals surface area contributed by atoms with E-state index in [1.54, 1.807) is 18.2 Å². The van der Waals surface area contributed by atoms with Crippen molar-refractivity contribution in [3.63, 3.8) is 0 Å². The molecule has 0 aliphatic heterocycles. The van der Waals surface area contributed by atoms with E-state index in [1.165, 1.54) is 18.0 Å². The molecule has 0 saturated carbocycles. The van der Waals surface area contributed by atoms with E-state index in [0.29, 0.717) is 20.9 Å². The van der Waals surface area contributed by atoms with Crippen molar-refractivity contribution in [1.82, 2.24) is 9.97 Å². The van der Waals surface area contributed by atoms with Gasteiger partial charge in [-0.1, -0.05) is 41.0 Å². The number of carbonyl (C=O) groups excluding carboxylic acids is 1. The molecule has 0 aliphatic rings. The summed E-state index contributed by atoms with van der Waals surface area (Å²) >= 11 is 13.3. The topological polar surface area (TPSA) is 80.9 Å². The smallest absolute Gasteiger partial charge is 0.261 e. The van der Waals surface area contributed by atoms with Crippen molar-refractivity contribution in [2.75, 3.05) is 17.3 Å². The van der Waals surface area contributed by atoms with Crippen LogP contribution in [0.15, 0.2) is 29.6 Å². The summed E-state index contributed by atoms with van der Waals surface area (Å²) in [5.74, 6) is -0.366. The zero-order chi connectivity index (χ0) is 14.7. The Morgan fingerprint density at radius 3 is 2.55 bits per heavy atom. The molecule has 0 fully saturated rings. The van der Waals surface area contributed by atoms with Gasteiger partial charge >= 0.3 is 0 Å². The largest absolute Gasteiger partial charge is 0.383 e. The van der Waals surface area contributed by atoms with Gasteiger partial charge in [0.25, 0.3) is 5.91 Å². The van der Waals surface area contributed by atoms with E-state index in [9.17, 15) is 4.79 Å². The maximum absolute atomic E-state index is 12.1. The van der Waals surface area contributed by atoms with Gasteiger partial charge in [0.1, 0.15) is 11.4 Å². The molecule has 1 heterocycles. The summed E-state index contributed by atoms with van der Waals surface area (Å²) in [5.41, 5.74) is 6.23. The molecule has 0 saturated heterocycles. The molecular formula is C12H10Cl2N4OS. The van der Waals surface area contributed by atoms with Crippen LogP contribution in [0.5, 0.6) is 0 Å². The van der Waals surface area contributed by atoms with E-state index >= 15 is 0 Å². The number of nitrogens with one attached hydrogen (secondary N) is 1. The molecule has 104 valence electrons. The van der Waals surface area contributed by atoms with Crippen LogP contribution in [0.2, 0.25) is 10.0 Å². The fourth-order valence-electron chi connectivity index (χ4n) is 1.45. The van der Waals surface area contributed by atoms with Crippen LogP contribution >= 0.6 is 35.0 Å². The van der Waals surface area contributed by atoms with Gasteiger partial charge in [-0.15, -0.1) is 0 Å². The third kappa shape index (κ3) is 3.15. The Morgan fingerprint density at radius 1 is 1.35 bits per heavy atom. The van der Waals surface area contributed by atoms with Gasteiger partial charge in [-0.25, -0.2) is 9.97 Å². The number of thioether (sulfide) groups is 1. The van der Waals surface area contributed by atoms with Crippen molar-refractivity contribution in [3.05, 3.63) is 40.0 Å². The molecule has 0 atom stereocenters. The van der Waals surface area contributed by atoms with E-state index in [0.717, 1.165) is 0 Å². The fourth-order valence-corrected chi connectivity index (χ4v) is 2.29. The summed E-state index contributed by atoms with van der Waals surface area (Å²) in [6.07, 6.45) is 3.19. The molecule has 2 rings (SSSR count). The average molecular weight is 329 g/mol. The molecular weight excluding hydrogens is 319 g/mol. The standard InChI is InChI=1S/C12H10Cl2N4OS/c1-20-12-16-5-6(10(15)18-12)11(19)17-9-7(13)3-2-4-8(9)14/h2-5H,1H3,(H,17,19)(H2,15,16,18). The van der Waals surface area contributed by atoms with Crippen LogP contribution in [0, 0.1) is 0 Å². The van der Waals surface area contributed by atoms with Gasteiger partial charge in [0.05, 0.1) is 15.7 Å². The molecule has 0 spiro atoms. The molecule has 1 amide bonds. The quantitative estimate of drug-likeness (QED) is 0.667. The van der Waals surface area contributed by atoms with Crippen molar-refractivity contribution in [3.8, 4) is 0 Å². The molecule has 1 aromatic carbocycles. The number of anilines is 2. The van der Waals surface area contributed by atoms with Gasteiger partial charge in [-0.05, 0) is 18.4 Å². The van der Waals surface area contributed by atoms with E-state index in [4.69, 9.17) is 28.9 Å². The first-order valence-corrected chi connectivity index (χ1v) is 7.43. The molecule has 1 aromatic heterocycles. The molecule has 8 heteroatoms. The number of rotatable bonds is 3. The second kappa shape index (κ2) is 6.30. The monoisotopic (exact) mass is 328 g/mol. The number of nitrogen functional groups attached to an aromatic ring is 1. The highest BCUT2D eigenvalue weighted by atomic mass is 35.5. The summed E-state index contributed by atoms with van der Waals surface area (Å²) in [5, 5.41) is 3.78. The number of nitrogens with two attached hydrogens (primary N) is 1. The van der Waals surface area contributed by atoms with Crippen LogP contribution < -0.4 is 11.1 Å². The Balaban J connectivity index is 2.29. The molecule has 0 unspecified atom stereocenters. The highest BCUT2D eigenvalue weighted by molar-refractivity contribution is 7.98. The molecule has 0 bridgehead atoms. The molecule has 3 N–H and O–H groups in total. The first-order chi connectivity index (χ1) is 9.52. The minimum Gasteiger partial charge on any atom is -0.383 e. The van der Waals surface area contributed by atoms with Crippen LogP contribution in [0.25, 0.3) is 0 Å². The fraction of sp³-hybridized carbons (Fsp3) is 0.0833. The van der Waals surface area contributed by atoms with E-state index in [-0.39, 0.29) is 11.4 Å². The lowest BCUT2D eigenvalue weighted by molar-refractivity contribution is 0.102. The van der Waals surface area contributed by atoms with Crippen LogP contribution in [0.1, 0.15) is 10.4 Å². The minimum atomic E-state index is -0.467. The molecule has 5 nitrogen and oxygen atoms in total. The number of carbonyl (C=O) groups is 1. The van der Waals surface area contributed by atoms with Gasteiger partial charge in [0.15, 0.2) is 5.16 Å². The van der Waals surface area contributed by atoms with Gasteiger partial charge in [-0.3, -0.25) is 4.79 Å². The van der Waals surface area contributed by atoms with Gasteiger partial charge in [-0.2, -0.15) is 0 Å². The Morgan fingerprint density at radius 2 is 2.00 bits per heavy atom. The first kappa shape index (κ1) is 14.9. The Hall–Kier alpha value is -1.50. The average Bonchev–Trinajstić information content (AvgIpc) is 2.42. The summed E-state index contributed by atoms with van der Waals surface area (Å²) in [6.45, 7) is 0. The van der Waals surface area contributed by atoms with Crippen molar-refractivity contribution >= 4 is 52.4 Å². The lowest BCUT2D eigenvalue weighted by Crippen LogP contribution is -2.16. The van der Waals surface area contributed by atoms with Crippen molar-refractivity contribution in [2.45, 2.75) is 5.16 Å². The minimum absolute atomic E-state index is 0.102. The normalized spacial score (nSPS) is 10.3. The highest BCUT2D eigenvalue weighted by Crippen LogP contribution is 2.30. The van der Waals surface area contributed by atoms with Gasteiger partial charge in [0.2, 0.25) is 0 Å². The van der Waals surface area contributed by atoms with Crippen LogP contribution in [0.4, 0.5) is 11.5 Å². The number of hydrogen-bond acceptors (Lipinski definition) is 5. The second-order valence-corrected chi connectivity index (χ2v) is 5.29. The lowest BCUT2D eigenvalue weighted by atomic mass is 10.2. The number of benzene rings is 1. The maximum Gasteiger partial charge on any atom is 0.261 e. The molecule has 20 heavy (non-hydrogen) atoms. The van der Waals surface area contributed by atoms with Gasteiger partial charge < -0.3 is 11.1 Å². The Bertz CT molecular complexity index is 646. The lowest BCUT2D eigenvalue weighted by Gasteiger charge is -2.10. The Kier molecular flexibility index (Phi) is 4.69. The number of hydrogen-bond donors (Lipinski definition) is 2. The number of halogens is 2. The van der Waals surface area contributed by atoms with Crippen molar-refractivity contribution < 1.29 is 4.79 Å². The number of aromatic nitrogens is 2. The molecule has 2 aromatic rings. The Labute approximate surface area is 129 Å². The summed E-state index contributed by atoms with van der Waals surface area (Å²) in [7, 11) is 0. The highest BCUT2D eigenvalue weighted by Gasteiger charge is 2.15. The number of amides is 1. The van der Waals surface area contributed by atoms with E-state index in [2.05, 4.69) is 15.3 Å². The molecule has 0 aliphatic carbocycles. The van der Waals surface area contributed by atoms with Crippen LogP contribution in [0.3, 0.4) is 0 Å². The zero-order valence-corrected chi connectivity index (χ0v) is 12.7. The van der Waals surface area contributed by atoms with Crippen LogP contribution in [-0.4, -0.2) is 22.1 Å². The first-order valence-electron chi connectivity index (χ1n) is 5.44. The summed E-state index contributed by atoms with van der Waals surface area (Å²) in [4.78, 5) is 20.2. The zero-order valence-electron chi connectivity index (χ0n) is 10.4. The molecule has 0 radical (unpaired) electrons. The van der Waals surface area contributed by atoms with E-state index < -0.39 is 5.91 Å². The third-order valence-corrected chi connectivity index (χ3v) is 3.62. The second-order valence-electron chi connectivity index (χ2n) is 3.71. The third-order valence-electron chi connectivity index (χ3n) is 2.42. The number of para-hydroxylation sites is 1. The van der Waals surface area contributed by atoms with Crippen LogP contribution in [-0.2, 0) is 0 Å². The number of nitrogens with zero attached hydrogens (tertiary/aromatic N) is 2. The maximum atomic E-state index is 12.1. The van der Waals surface area contributed by atoms with Gasteiger partial charge in [0, 0.05) is 6.20 Å². The SMILES string of the molecule is CSc1ncc(C(=O)Nc2c(Cl)cccc2Cl)c(N)n1. The van der Waals surface area contributed by atoms with Crippen molar-refractivity contribution in [1.29, 1.82) is 0 Å². The van der Waals surface area contributed by atoms with E-state index in [1.807, 2.05) is 6.26 Å². The van der Waals surface area contributed by atoms with Crippen molar-refractivity contribution in [2.24, 2.45) is 0 Å². The predicted molar refractivity (Wildman–Crippen MR) is 82.6 cm³/mol. The summed E-state index contributed by atoms with van der Waals surface area (Å²) in [6, 6.07) is 4.94. The summed E-state index contributed by atoms with van der Waals surface area (Å²) < 4.78 is 0. The predicted octanol–water partition coefficient (Wildman–Crippen LogP) is 3.34.